The molecule has 1 saturated heterocycles. The fourth-order valence-electron chi connectivity index (χ4n) is 4.04. The average molecular weight is 419 g/mol. The van der Waals surface area contributed by atoms with Gasteiger partial charge >= 0.3 is 5.69 Å². The van der Waals surface area contributed by atoms with Crippen LogP contribution in [0.4, 0.5) is 10.1 Å². The van der Waals surface area contributed by atoms with E-state index >= 15 is 0 Å². The normalized spacial score (nSPS) is 14.6. The Balaban J connectivity index is 1.51. The van der Waals surface area contributed by atoms with Crippen LogP contribution in [0.25, 0.3) is 0 Å². The fraction of sp³-hybridized carbons (Fsp3) is 0.208. The first kappa shape index (κ1) is 20.7. The van der Waals surface area contributed by atoms with Crippen LogP contribution in [0.2, 0.25) is 0 Å². The van der Waals surface area contributed by atoms with Crippen LogP contribution in [0.3, 0.4) is 0 Å². The molecule has 1 aliphatic rings. The zero-order valence-electron chi connectivity index (χ0n) is 16.9. The van der Waals surface area contributed by atoms with Gasteiger partial charge in [0, 0.05) is 37.8 Å². The minimum atomic E-state index is -0.945. The molecule has 0 aliphatic carbocycles. The van der Waals surface area contributed by atoms with Gasteiger partial charge in [-0.1, -0.05) is 60.7 Å². The molecule has 1 aliphatic heterocycles. The predicted molar refractivity (Wildman–Crippen MR) is 115 cm³/mol. The lowest BCUT2D eigenvalue weighted by atomic mass is 9.96. The minimum Gasteiger partial charge on any atom is -0.336 e. The summed E-state index contributed by atoms with van der Waals surface area (Å²) >= 11 is 0. The number of nitro benzene ring substituents is 1. The van der Waals surface area contributed by atoms with Gasteiger partial charge in [-0.25, -0.2) is 0 Å². The van der Waals surface area contributed by atoms with Crippen LogP contribution in [0.5, 0.6) is 0 Å². The second-order valence-corrected chi connectivity index (χ2v) is 7.48. The zero-order chi connectivity index (χ0) is 21.8. The van der Waals surface area contributed by atoms with Gasteiger partial charge in [0.25, 0.3) is 5.91 Å². The van der Waals surface area contributed by atoms with E-state index in [9.17, 15) is 19.3 Å². The van der Waals surface area contributed by atoms with Gasteiger partial charge in [0.1, 0.15) is 0 Å². The van der Waals surface area contributed by atoms with Gasteiger partial charge in [0.2, 0.25) is 5.82 Å². The lowest BCUT2D eigenvalue weighted by Crippen LogP contribution is -2.49. The number of piperazine rings is 1. The van der Waals surface area contributed by atoms with Crippen molar-refractivity contribution in [1.82, 2.24) is 9.80 Å². The molecule has 0 unspecified atom stereocenters. The van der Waals surface area contributed by atoms with E-state index in [1.165, 1.54) is 17.2 Å². The molecule has 7 heteroatoms. The van der Waals surface area contributed by atoms with Crippen LogP contribution >= 0.6 is 0 Å². The van der Waals surface area contributed by atoms with Crippen LogP contribution in [-0.2, 0) is 0 Å². The largest absolute Gasteiger partial charge is 0.336 e. The van der Waals surface area contributed by atoms with Crippen molar-refractivity contribution in [3.8, 4) is 0 Å². The molecule has 3 aromatic carbocycles. The Bertz CT molecular complexity index is 1030. The number of nitro groups is 1. The summed E-state index contributed by atoms with van der Waals surface area (Å²) in [6, 6.07) is 23.8. The third-order valence-electron chi connectivity index (χ3n) is 5.59. The number of carbonyl (C=O) groups excluding carboxylic acids is 1. The smallest absolute Gasteiger partial charge is 0.305 e. The average Bonchev–Trinajstić information content (AvgIpc) is 2.81. The number of hydrogen-bond donors (Lipinski definition) is 0. The van der Waals surface area contributed by atoms with Gasteiger partial charge < -0.3 is 4.90 Å². The summed E-state index contributed by atoms with van der Waals surface area (Å²) in [5.74, 6) is -1.27. The molecule has 0 aromatic heterocycles. The summed E-state index contributed by atoms with van der Waals surface area (Å²) in [5, 5.41) is 11.0. The molecule has 31 heavy (non-hydrogen) atoms. The van der Waals surface area contributed by atoms with Gasteiger partial charge in [-0.05, 0) is 23.3 Å². The van der Waals surface area contributed by atoms with Crippen molar-refractivity contribution < 1.29 is 14.1 Å². The van der Waals surface area contributed by atoms with E-state index in [0.717, 1.165) is 12.1 Å². The standard InChI is InChI=1S/C24H22FN3O3/c25-21-12-11-20(17-22(21)28(30)31)24(29)27-15-13-26(14-16-27)23(18-7-3-1-4-8-18)19-9-5-2-6-10-19/h1-12,17,23H,13-16H2. The molecular weight excluding hydrogens is 397 g/mol. The molecular formula is C24H22FN3O3. The van der Waals surface area contributed by atoms with E-state index < -0.39 is 16.4 Å². The van der Waals surface area contributed by atoms with Crippen LogP contribution in [0.15, 0.2) is 78.9 Å². The Hall–Kier alpha value is -3.58. The first-order valence-corrected chi connectivity index (χ1v) is 10.1. The monoisotopic (exact) mass is 419 g/mol. The number of hydrogen-bond acceptors (Lipinski definition) is 4. The van der Waals surface area contributed by atoms with E-state index in [-0.39, 0.29) is 17.5 Å². The van der Waals surface area contributed by atoms with Crippen LogP contribution in [0.1, 0.15) is 27.5 Å². The molecule has 1 heterocycles. The molecule has 0 radical (unpaired) electrons. The lowest BCUT2D eigenvalue weighted by molar-refractivity contribution is -0.387. The molecule has 6 nitrogen and oxygen atoms in total. The number of benzene rings is 3. The van der Waals surface area contributed by atoms with E-state index in [0.29, 0.717) is 26.2 Å². The minimum absolute atomic E-state index is 0.0755. The van der Waals surface area contributed by atoms with Crippen LogP contribution < -0.4 is 0 Å². The maximum absolute atomic E-state index is 13.6. The van der Waals surface area contributed by atoms with E-state index in [1.54, 1.807) is 4.90 Å². The molecule has 0 N–H and O–H groups in total. The third-order valence-corrected chi connectivity index (χ3v) is 5.59. The van der Waals surface area contributed by atoms with Crippen molar-refractivity contribution in [2.45, 2.75) is 6.04 Å². The Morgan fingerprint density at radius 3 is 1.94 bits per heavy atom. The molecule has 1 fully saturated rings. The van der Waals surface area contributed by atoms with Crippen LogP contribution in [0, 0.1) is 15.9 Å². The quantitative estimate of drug-likeness (QED) is 0.457. The molecule has 1 amide bonds. The van der Waals surface area contributed by atoms with Gasteiger partial charge in [-0.2, -0.15) is 4.39 Å². The Labute approximate surface area is 179 Å². The summed E-state index contributed by atoms with van der Waals surface area (Å²) in [4.78, 5) is 27.0. The summed E-state index contributed by atoms with van der Waals surface area (Å²) in [6.45, 7) is 2.29. The SMILES string of the molecule is O=C(c1ccc(F)c([N+](=O)[O-])c1)N1CCN(C(c2ccccc2)c2ccccc2)CC1. The van der Waals surface area contributed by atoms with Crippen molar-refractivity contribution in [3.63, 3.8) is 0 Å². The highest BCUT2D eigenvalue weighted by atomic mass is 19.1. The zero-order valence-corrected chi connectivity index (χ0v) is 16.9. The highest BCUT2D eigenvalue weighted by Crippen LogP contribution is 2.30. The van der Waals surface area contributed by atoms with Crippen molar-refractivity contribution in [3.05, 3.63) is 111 Å². The van der Waals surface area contributed by atoms with Crippen molar-refractivity contribution in [1.29, 1.82) is 0 Å². The Morgan fingerprint density at radius 1 is 0.871 bits per heavy atom. The number of nitrogens with zero attached hydrogens (tertiary/aromatic N) is 3. The second-order valence-electron chi connectivity index (χ2n) is 7.48. The third kappa shape index (κ3) is 4.46. The summed E-state index contributed by atoms with van der Waals surface area (Å²) in [6.07, 6.45) is 0. The molecule has 3 aromatic rings. The molecule has 0 spiro atoms. The highest BCUT2D eigenvalue weighted by Gasteiger charge is 2.29. The van der Waals surface area contributed by atoms with Gasteiger partial charge in [0.15, 0.2) is 0 Å². The van der Waals surface area contributed by atoms with Gasteiger partial charge in [-0.3, -0.25) is 19.8 Å². The number of halogens is 1. The number of rotatable bonds is 5. The van der Waals surface area contributed by atoms with E-state index in [2.05, 4.69) is 29.2 Å². The fourth-order valence-corrected chi connectivity index (χ4v) is 4.04. The lowest BCUT2D eigenvalue weighted by Gasteiger charge is -2.39. The first-order chi connectivity index (χ1) is 15.0. The van der Waals surface area contributed by atoms with Crippen molar-refractivity contribution in [2.24, 2.45) is 0 Å². The van der Waals surface area contributed by atoms with Crippen molar-refractivity contribution in [2.75, 3.05) is 26.2 Å². The summed E-state index contributed by atoms with van der Waals surface area (Å²) in [5.41, 5.74) is 1.81. The molecule has 158 valence electrons. The molecule has 0 saturated carbocycles. The maximum atomic E-state index is 13.6. The maximum Gasteiger partial charge on any atom is 0.305 e. The topological polar surface area (TPSA) is 66.7 Å². The van der Waals surface area contributed by atoms with Gasteiger partial charge in [0.05, 0.1) is 11.0 Å². The molecule has 4 rings (SSSR count). The Kier molecular flexibility index (Phi) is 6.04. The molecule has 0 bridgehead atoms. The van der Waals surface area contributed by atoms with Gasteiger partial charge in [-0.15, -0.1) is 0 Å². The highest BCUT2D eigenvalue weighted by molar-refractivity contribution is 5.95. The van der Waals surface area contributed by atoms with Crippen molar-refractivity contribution >= 4 is 11.6 Å². The predicted octanol–water partition coefficient (Wildman–Crippen LogP) is 4.28. The second kappa shape index (κ2) is 9.06. The summed E-state index contributed by atoms with van der Waals surface area (Å²) in [7, 11) is 0. The first-order valence-electron chi connectivity index (χ1n) is 10.1. The van der Waals surface area contributed by atoms with Crippen LogP contribution in [-0.4, -0.2) is 46.8 Å². The molecule has 0 atom stereocenters. The van der Waals surface area contributed by atoms with E-state index in [4.69, 9.17) is 0 Å². The summed E-state index contributed by atoms with van der Waals surface area (Å²) < 4.78 is 13.6. The number of amides is 1. The van der Waals surface area contributed by atoms with E-state index in [1.807, 2.05) is 36.4 Å². The number of carbonyl (C=O) groups is 1. The Morgan fingerprint density at radius 2 is 1.42 bits per heavy atom.